The van der Waals surface area contributed by atoms with Crippen molar-refractivity contribution in [3.05, 3.63) is 88.0 Å². The van der Waals surface area contributed by atoms with Gasteiger partial charge in [-0.1, -0.05) is 17.4 Å². The number of hydrogen-bond donors (Lipinski definition) is 1. The molecule has 1 amide bonds. The summed E-state index contributed by atoms with van der Waals surface area (Å²) in [6.45, 7) is 6.77. The molecule has 0 saturated heterocycles. The molecule has 1 N–H and O–H groups in total. The molecule has 9 heteroatoms. The van der Waals surface area contributed by atoms with Gasteiger partial charge in [0.25, 0.3) is 15.9 Å². The highest BCUT2D eigenvalue weighted by Gasteiger charge is 2.15. The number of amides is 1. The molecule has 1 heterocycles. The van der Waals surface area contributed by atoms with Gasteiger partial charge in [0.1, 0.15) is 5.82 Å². The van der Waals surface area contributed by atoms with Crippen LogP contribution in [-0.4, -0.2) is 18.9 Å². The maximum absolute atomic E-state index is 13.1. The van der Waals surface area contributed by atoms with Gasteiger partial charge in [0.15, 0.2) is 4.80 Å². The van der Waals surface area contributed by atoms with E-state index in [9.17, 15) is 17.6 Å². The second-order valence-corrected chi connectivity index (χ2v) is 10.3. The Morgan fingerprint density at radius 2 is 1.73 bits per heavy atom. The van der Waals surface area contributed by atoms with Crippen LogP contribution >= 0.6 is 11.3 Å². The number of hydrogen-bond acceptors (Lipinski definition) is 4. The minimum absolute atomic E-state index is 0.0570. The summed E-state index contributed by atoms with van der Waals surface area (Å²) in [6.07, 6.45) is 0. The van der Waals surface area contributed by atoms with Gasteiger partial charge in [0.2, 0.25) is 0 Å². The van der Waals surface area contributed by atoms with Gasteiger partial charge in [0.05, 0.1) is 15.1 Å². The highest BCUT2D eigenvalue weighted by Crippen LogP contribution is 2.23. The number of fused-ring (bicyclic) bond motifs is 1. The third-order valence-corrected chi connectivity index (χ3v) is 7.76. The van der Waals surface area contributed by atoms with E-state index < -0.39 is 21.7 Å². The highest BCUT2D eigenvalue weighted by molar-refractivity contribution is 7.92. The Labute approximate surface area is 195 Å². The Kier molecular flexibility index (Phi) is 6.18. The predicted molar refractivity (Wildman–Crippen MR) is 129 cm³/mol. The van der Waals surface area contributed by atoms with Crippen molar-refractivity contribution < 1.29 is 17.6 Å². The van der Waals surface area contributed by atoms with E-state index in [0.717, 1.165) is 33.5 Å². The van der Waals surface area contributed by atoms with Crippen LogP contribution in [0.15, 0.2) is 70.6 Å². The highest BCUT2D eigenvalue weighted by atomic mass is 32.2. The smallest absolute Gasteiger partial charge is 0.279 e. The molecule has 0 saturated carbocycles. The molecule has 3 aromatic carbocycles. The molecule has 0 bridgehead atoms. The number of thiazole rings is 1. The molecule has 170 valence electrons. The number of carbonyl (C=O) groups excluding carboxylic acids is 1. The van der Waals surface area contributed by atoms with Crippen molar-refractivity contribution in [2.75, 3.05) is 4.72 Å². The molecule has 1 aromatic heterocycles. The summed E-state index contributed by atoms with van der Waals surface area (Å²) >= 11 is 1.47. The van der Waals surface area contributed by atoms with E-state index in [1.807, 2.05) is 25.3 Å². The molecule has 4 rings (SSSR count). The van der Waals surface area contributed by atoms with Crippen LogP contribution in [0.2, 0.25) is 0 Å². The molecular weight excluding hydrogens is 461 g/mol. The molecule has 0 atom stereocenters. The topological polar surface area (TPSA) is 80.5 Å². The van der Waals surface area contributed by atoms with E-state index >= 15 is 0 Å². The third kappa shape index (κ3) is 4.74. The van der Waals surface area contributed by atoms with Crippen molar-refractivity contribution in [2.45, 2.75) is 32.2 Å². The fourth-order valence-corrected chi connectivity index (χ4v) is 5.76. The summed E-state index contributed by atoms with van der Waals surface area (Å²) in [5.74, 6) is -0.931. The second-order valence-electron chi connectivity index (χ2n) is 7.61. The summed E-state index contributed by atoms with van der Waals surface area (Å²) in [7, 11) is -3.87. The molecule has 0 aliphatic rings. The van der Waals surface area contributed by atoms with Gasteiger partial charge in [-0.15, -0.1) is 0 Å². The number of nitrogens with one attached hydrogen (secondary N) is 1. The van der Waals surface area contributed by atoms with Crippen LogP contribution in [-0.2, 0) is 16.6 Å². The van der Waals surface area contributed by atoms with Crippen LogP contribution in [0.4, 0.5) is 10.1 Å². The summed E-state index contributed by atoms with van der Waals surface area (Å²) in [6, 6.07) is 14.8. The number of aromatic nitrogens is 1. The van der Waals surface area contributed by atoms with Crippen molar-refractivity contribution in [3.8, 4) is 0 Å². The number of sulfonamides is 1. The first-order valence-corrected chi connectivity index (χ1v) is 12.6. The summed E-state index contributed by atoms with van der Waals surface area (Å²) in [5.41, 5.74) is 3.97. The van der Waals surface area contributed by atoms with Gasteiger partial charge in [-0.2, -0.15) is 4.99 Å². The third-order valence-electron chi connectivity index (χ3n) is 5.14. The quantitative estimate of drug-likeness (QED) is 0.433. The number of anilines is 1. The Morgan fingerprint density at radius 1 is 1.06 bits per heavy atom. The van der Waals surface area contributed by atoms with Crippen LogP contribution < -0.4 is 9.52 Å². The monoisotopic (exact) mass is 483 g/mol. The lowest BCUT2D eigenvalue weighted by atomic mass is 10.1. The van der Waals surface area contributed by atoms with E-state index in [-0.39, 0.29) is 10.6 Å². The van der Waals surface area contributed by atoms with Crippen molar-refractivity contribution in [3.63, 3.8) is 0 Å². The Bertz CT molecular complexity index is 1520. The van der Waals surface area contributed by atoms with Crippen LogP contribution in [0.25, 0.3) is 10.2 Å². The van der Waals surface area contributed by atoms with Crippen molar-refractivity contribution in [2.24, 2.45) is 4.99 Å². The lowest BCUT2D eigenvalue weighted by molar-refractivity contribution is 0.0998. The summed E-state index contributed by atoms with van der Waals surface area (Å²) in [4.78, 5) is 17.7. The van der Waals surface area contributed by atoms with Crippen LogP contribution in [0.1, 0.15) is 28.4 Å². The van der Waals surface area contributed by atoms with Gasteiger partial charge < -0.3 is 4.57 Å². The molecule has 0 aliphatic carbocycles. The largest absolute Gasteiger partial charge is 0.317 e. The van der Waals surface area contributed by atoms with E-state index in [1.165, 1.54) is 47.7 Å². The number of carbonyl (C=O) groups is 1. The minimum atomic E-state index is -3.87. The zero-order valence-electron chi connectivity index (χ0n) is 18.3. The number of rotatable bonds is 5. The van der Waals surface area contributed by atoms with E-state index in [1.54, 1.807) is 0 Å². The summed E-state index contributed by atoms with van der Waals surface area (Å²) in [5, 5.41) is 0. The average molecular weight is 484 g/mol. The molecule has 33 heavy (non-hydrogen) atoms. The standard InChI is InChI=1S/C24H22FN3O3S2/c1-4-28-21-14-15(2)13-16(3)22(21)32-24(28)26-23(29)17-5-9-19(10-6-17)27-33(30,31)20-11-7-18(25)8-12-20/h5-14,27H,4H2,1-3H3. The molecule has 0 radical (unpaired) electrons. The average Bonchev–Trinajstić information content (AvgIpc) is 3.11. The van der Waals surface area contributed by atoms with Crippen molar-refractivity contribution in [1.82, 2.24) is 4.57 Å². The first-order chi connectivity index (χ1) is 15.7. The fraction of sp³-hybridized carbons (Fsp3) is 0.167. The first-order valence-electron chi connectivity index (χ1n) is 10.3. The zero-order valence-corrected chi connectivity index (χ0v) is 19.9. The van der Waals surface area contributed by atoms with Crippen LogP contribution in [0, 0.1) is 19.7 Å². The Hall–Kier alpha value is -3.30. The van der Waals surface area contributed by atoms with E-state index in [4.69, 9.17) is 0 Å². The van der Waals surface area contributed by atoms with Gasteiger partial charge in [-0.05, 0) is 86.5 Å². The maximum atomic E-state index is 13.1. The number of halogens is 1. The van der Waals surface area contributed by atoms with Crippen molar-refractivity contribution in [1.29, 1.82) is 0 Å². The summed E-state index contributed by atoms with van der Waals surface area (Å²) < 4.78 is 43.5. The molecule has 0 fully saturated rings. The van der Waals surface area contributed by atoms with Crippen LogP contribution in [0.5, 0.6) is 0 Å². The lowest BCUT2D eigenvalue weighted by Crippen LogP contribution is -2.16. The molecule has 4 aromatic rings. The minimum Gasteiger partial charge on any atom is -0.317 e. The molecule has 0 aliphatic heterocycles. The first kappa shape index (κ1) is 22.9. The number of nitrogens with zero attached hydrogens (tertiary/aromatic N) is 2. The fourth-order valence-electron chi connectivity index (χ4n) is 3.56. The Morgan fingerprint density at radius 3 is 2.36 bits per heavy atom. The molecule has 0 spiro atoms. The van der Waals surface area contributed by atoms with Gasteiger partial charge in [-0.25, -0.2) is 12.8 Å². The van der Waals surface area contributed by atoms with Gasteiger partial charge in [0, 0.05) is 17.8 Å². The maximum Gasteiger partial charge on any atom is 0.279 e. The normalized spacial score (nSPS) is 12.3. The lowest BCUT2D eigenvalue weighted by Gasteiger charge is -2.08. The molecule has 6 nitrogen and oxygen atoms in total. The zero-order chi connectivity index (χ0) is 23.8. The molecular formula is C24H22FN3O3S2. The molecule has 0 unspecified atom stereocenters. The number of aryl methyl sites for hydroxylation is 3. The Balaban J connectivity index is 1.61. The number of benzene rings is 3. The predicted octanol–water partition coefficient (Wildman–Crippen LogP) is 5.02. The van der Waals surface area contributed by atoms with Gasteiger partial charge in [-0.3, -0.25) is 9.52 Å². The van der Waals surface area contributed by atoms with Crippen LogP contribution in [0.3, 0.4) is 0 Å². The van der Waals surface area contributed by atoms with E-state index in [0.29, 0.717) is 16.9 Å². The SMILES string of the molecule is CCn1c(=NC(=O)c2ccc(NS(=O)(=O)c3ccc(F)cc3)cc2)sc2c(C)cc(C)cc21. The second kappa shape index (κ2) is 8.92. The van der Waals surface area contributed by atoms with Gasteiger partial charge >= 0.3 is 0 Å². The van der Waals surface area contributed by atoms with E-state index in [2.05, 4.69) is 21.8 Å². The van der Waals surface area contributed by atoms with Crippen molar-refractivity contribution >= 4 is 43.2 Å².